The van der Waals surface area contributed by atoms with Crippen molar-refractivity contribution in [2.45, 2.75) is 0 Å². The molecule has 16 heavy (non-hydrogen) atoms. The smallest absolute Gasteiger partial charge is 0.346 e. The molecule has 0 aliphatic carbocycles. The predicted molar refractivity (Wildman–Crippen MR) is 52.6 cm³/mol. The fraction of sp³-hybridized carbons (Fsp3) is 0. The Bertz CT molecular complexity index is 775. The molecule has 0 spiro atoms. The Morgan fingerprint density at radius 1 is 0.750 bits per heavy atom. The SMILES string of the molecule is N=c1oc(=N)c2cc3c(=O)oc(=O)c3cc12. The third-order valence-corrected chi connectivity index (χ3v) is 2.48. The first-order valence-corrected chi connectivity index (χ1v) is 4.38. The van der Waals surface area contributed by atoms with Crippen LogP contribution in [0.3, 0.4) is 0 Å². The molecule has 3 rings (SSSR count). The Hall–Kier alpha value is -2.50. The molecule has 6 heteroatoms. The molecular weight excluding hydrogens is 212 g/mol. The van der Waals surface area contributed by atoms with Crippen molar-refractivity contribution in [2.75, 3.05) is 0 Å². The van der Waals surface area contributed by atoms with Crippen LogP contribution in [0, 0.1) is 10.8 Å². The van der Waals surface area contributed by atoms with E-state index in [2.05, 4.69) is 4.42 Å². The first kappa shape index (κ1) is 8.78. The van der Waals surface area contributed by atoms with Gasteiger partial charge in [0.25, 0.3) is 0 Å². The molecule has 2 heterocycles. The lowest BCUT2D eigenvalue weighted by Crippen LogP contribution is -1.96. The van der Waals surface area contributed by atoms with Gasteiger partial charge >= 0.3 is 11.3 Å². The molecule has 78 valence electrons. The highest BCUT2D eigenvalue weighted by atomic mass is 16.4. The third kappa shape index (κ3) is 0.902. The molecule has 0 bridgehead atoms. The Kier molecular flexibility index (Phi) is 1.40. The molecule has 2 N–H and O–H groups in total. The van der Waals surface area contributed by atoms with Gasteiger partial charge in [-0.05, 0) is 12.1 Å². The van der Waals surface area contributed by atoms with Crippen molar-refractivity contribution < 1.29 is 8.83 Å². The van der Waals surface area contributed by atoms with E-state index < -0.39 is 11.3 Å². The number of hydrogen-bond donors (Lipinski definition) is 2. The van der Waals surface area contributed by atoms with Crippen LogP contribution in [-0.2, 0) is 0 Å². The summed E-state index contributed by atoms with van der Waals surface area (Å²) in [5, 5.41) is 15.8. The molecule has 1 aromatic carbocycles. The molecule has 0 aliphatic rings. The average molecular weight is 216 g/mol. The van der Waals surface area contributed by atoms with Crippen LogP contribution in [0.4, 0.5) is 0 Å². The van der Waals surface area contributed by atoms with Gasteiger partial charge in [0, 0.05) is 0 Å². The van der Waals surface area contributed by atoms with E-state index in [0.717, 1.165) is 0 Å². The van der Waals surface area contributed by atoms with Gasteiger partial charge in [0.1, 0.15) is 0 Å². The fourth-order valence-electron chi connectivity index (χ4n) is 1.72. The molecule has 0 fully saturated rings. The first-order valence-electron chi connectivity index (χ1n) is 4.38. The predicted octanol–water partition coefficient (Wildman–Crippen LogP) is -0.266. The summed E-state index contributed by atoms with van der Waals surface area (Å²) in [6.45, 7) is 0. The van der Waals surface area contributed by atoms with Crippen LogP contribution < -0.4 is 22.4 Å². The average Bonchev–Trinajstić information content (AvgIpc) is 2.67. The van der Waals surface area contributed by atoms with Gasteiger partial charge in [0.15, 0.2) is 0 Å². The molecule has 6 nitrogen and oxygen atoms in total. The van der Waals surface area contributed by atoms with Gasteiger partial charge in [-0.25, -0.2) is 9.59 Å². The van der Waals surface area contributed by atoms with E-state index in [-0.39, 0.29) is 21.9 Å². The second kappa shape index (κ2) is 2.54. The zero-order valence-corrected chi connectivity index (χ0v) is 7.79. The van der Waals surface area contributed by atoms with Crippen LogP contribution >= 0.6 is 0 Å². The Morgan fingerprint density at radius 3 is 1.62 bits per heavy atom. The van der Waals surface area contributed by atoms with E-state index in [0.29, 0.717) is 10.8 Å². The largest absolute Gasteiger partial charge is 0.421 e. The van der Waals surface area contributed by atoms with Crippen molar-refractivity contribution in [3.63, 3.8) is 0 Å². The monoisotopic (exact) mass is 216 g/mol. The van der Waals surface area contributed by atoms with E-state index in [9.17, 15) is 9.59 Å². The van der Waals surface area contributed by atoms with Crippen molar-refractivity contribution in [1.29, 1.82) is 10.8 Å². The van der Waals surface area contributed by atoms with E-state index in [4.69, 9.17) is 15.2 Å². The van der Waals surface area contributed by atoms with E-state index in [1.54, 1.807) is 0 Å². The minimum absolute atomic E-state index is 0.117. The molecule has 0 amide bonds. The number of nitrogens with one attached hydrogen (secondary N) is 2. The normalized spacial score (nSPS) is 11.5. The van der Waals surface area contributed by atoms with Crippen LogP contribution in [-0.4, -0.2) is 0 Å². The van der Waals surface area contributed by atoms with Gasteiger partial charge < -0.3 is 8.83 Å². The zero-order valence-electron chi connectivity index (χ0n) is 7.79. The lowest BCUT2D eigenvalue weighted by Gasteiger charge is -1.85. The second-order valence-electron chi connectivity index (χ2n) is 3.38. The van der Waals surface area contributed by atoms with Gasteiger partial charge in [0.05, 0.1) is 21.5 Å². The molecule has 3 aromatic rings. The summed E-state index contributed by atoms with van der Waals surface area (Å²) in [5.74, 6) is 0. The minimum atomic E-state index is -0.728. The van der Waals surface area contributed by atoms with E-state index in [1.165, 1.54) is 12.1 Å². The summed E-state index contributed by atoms with van der Waals surface area (Å²) in [7, 11) is 0. The summed E-state index contributed by atoms with van der Waals surface area (Å²) < 4.78 is 9.20. The Balaban J connectivity index is 2.80. The highest BCUT2D eigenvalue weighted by Gasteiger charge is 2.13. The maximum atomic E-state index is 11.3. The maximum Gasteiger partial charge on any atom is 0.346 e. The van der Waals surface area contributed by atoms with Crippen LogP contribution in [0.15, 0.2) is 30.6 Å². The lowest BCUT2D eigenvalue weighted by molar-refractivity contribution is 0.459. The minimum Gasteiger partial charge on any atom is -0.421 e. The molecule has 0 atom stereocenters. The van der Waals surface area contributed by atoms with Crippen LogP contribution in [0.5, 0.6) is 0 Å². The maximum absolute atomic E-state index is 11.3. The van der Waals surface area contributed by atoms with E-state index >= 15 is 0 Å². The summed E-state index contributed by atoms with van der Waals surface area (Å²) >= 11 is 0. The van der Waals surface area contributed by atoms with Crippen LogP contribution in [0.1, 0.15) is 0 Å². The molecule has 0 saturated heterocycles. The third-order valence-electron chi connectivity index (χ3n) is 2.48. The number of fused-ring (bicyclic) bond motifs is 2. The molecule has 0 saturated carbocycles. The Morgan fingerprint density at radius 2 is 1.19 bits per heavy atom. The number of rotatable bonds is 0. The van der Waals surface area contributed by atoms with Gasteiger partial charge in [-0.3, -0.25) is 10.8 Å². The standard InChI is InChI=1S/C10H4N2O4/c11-7-3-1-5-6(10(14)16-9(5)13)2-4(3)8(12)15-7/h1-2,11-12H. The lowest BCUT2D eigenvalue weighted by atomic mass is 10.1. The highest BCUT2D eigenvalue weighted by molar-refractivity contribution is 5.96. The zero-order chi connectivity index (χ0) is 11.4. The summed E-state index contributed by atoms with van der Waals surface area (Å²) in [5.41, 5.74) is -1.85. The topological polar surface area (TPSA) is 108 Å². The van der Waals surface area contributed by atoms with Crippen LogP contribution in [0.2, 0.25) is 0 Å². The second-order valence-corrected chi connectivity index (χ2v) is 3.38. The van der Waals surface area contributed by atoms with Crippen LogP contribution in [0.25, 0.3) is 21.5 Å². The molecule has 0 unspecified atom stereocenters. The van der Waals surface area contributed by atoms with Crippen molar-refractivity contribution in [3.05, 3.63) is 44.1 Å². The number of benzene rings is 1. The molecular formula is C10H4N2O4. The molecule has 2 aromatic heterocycles. The fourth-order valence-corrected chi connectivity index (χ4v) is 1.72. The van der Waals surface area contributed by atoms with Crippen molar-refractivity contribution in [1.82, 2.24) is 0 Å². The summed E-state index contributed by atoms with van der Waals surface area (Å²) in [6.07, 6.45) is 0. The Labute approximate surface area is 86.1 Å². The van der Waals surface area contributed by atoms with Gasteiger partial charge in [-0.2, -0.15) is 0 Å². The first-order chi connectivity index (χ1) is 7.58. The quantitative estimate of drug-likeness (QED) is 0.539. The van der Waals surface area contributed by atoms with Gasteiger partial charge in [-0.1, -0.05) is 0 Å². The summed E-state index contributed by atoms with van der Waals surface area (Å²) in [6, 6.07) is 2.70. The van der Waals surface area contributed by atoms with Crippen molar-refractivity contribution >= 4 is 21.5 Å². The highest BCUT2D eigenvalue weighted by Crippen LogP contribution is 2.13. The van der Waals surface area contributed by atoms with Crippen molar-refractivity contribution in [3.8, 4) is 0 Å². The molecule has 0 radical (unpaired) electrons. The number of furan rings is 2. The van der Waals surface area contributed by atoms with Crippen molar-refractivity contribution in [2.24, 2.45) is 0 Å². The van der Waals surface area contributed by atoms with Gasteiger partial charge in [-0.15, -0.1) is 0 Å². The summed E-state index contributed by atoms with van der Waals surface area (Å²) in [4.78, 5) is 22.5. The van der Waals surface area contributed by atoms with E-state index in [1.807, 2.05) is 0 Å². The molecule has 0 aliphatic heterocycles. The van der Waals surface area contributed by atoms with Gasteiger partial charge in [0.2, 0.25) is 11.1 Å². The number of hydrogen-bond acceptors (Lipinski definition) is 6.